The van der Waals surface area contributed by atoms with E-state index in [1.54, 1.807) is 18.7 Å². The molecule has 3 aromatic heterocycles. The summed E-state index contributed by atoms with van der Waals surface area (Å²) in [5.41, 5.74) is 1.99. The summed E-state index contributed by atoms with van der Waals surface area (Å²) in [6.45, 7) is 8.45. The predicted octanol–water partition coefficient (Wildman–Crippen LogP) is 1.63. The number of anilines is 2. The Morgan fingerprint density at radius 3 is 2.39 bits per heavy atom. The molecule has 172 valence electrons. The number of hydrogen-bond donors (Lipinski definition) is 0. The molecule has 10 heteroatoms. The second-order valence-electron chi connectivity index (χ2n) is 8.72. The largest absolute Gasteiger partial charge is 0.356 e. The molecule has 1 unspecified atom stereocenters. The van der Waals surface area contributed by atoms with Gasteiger partial charge in [0.25, 0.3) is 0 Å². The summed E-state index contributed by atoms with van der Waals surface area (Å²) in [7, 11) is 0. The lowest BCUT2D eigenvalue weighted by atomic mass is 9.96. The second-order valence-corrected chi connectivity index (χ2v) is 8.72. The van der Waals surface area contributed by atoms with Crippen LogP contribution in [-0.4, -0.2) is 79.8 Å². The number of piperidine rings is 1. The summed E-state index contributed by atoms with van der Waals surface area (Å²) in [5, 5.41) is 4.53. The molecule has 5 rings (SSSR count). The minimum Gasteiger partial charge on any atom is -0.356 e. The maximum absolute atomic E-state index is 13.3. The molecular formula is C23H29N9O. The van der Waals surface area contributed by atoms with Crippen LogP contribution in [-0.2, 0) is 4.79 Å². The Kier molecular flexibility index (Phi) is 5.89. The van der Waals surface area contributed by atoms with E-state index in [0.717, 1.165) is 61.4 Å². The van der Waals surface area contributed by atoms with Gasteiger partial charge in [0.2, 0.25) is 11.9 Å². The smallest absolute Gasteiger partial charge is 0.227 e. The van der Waals surface area contributed by atoms with Crippen LogP contribution in [0.3, 0.4) is 0 Å². The summed E-state index contributed by atoms with van der Waals surface area (Å²) >= 11 is 0. The highest BCUT2D eigenvalue weighted by molar-refractivity contribution is 5.80. The summed E-state index contributed by atoms with van der Waals surface area (Å²) in [6, 6.07) is 5.81. The average molecular weight is 448 g/mol. The van der Waals surface area contributed by atoms with Crippen LogP contribution in [0, 0.1) is 19.8 Å². The zero-order valence-corrected chi connectivity index (χ0v) is 19.1. The van der Waals surface area contributed by atoms with Gasteiger partial charge in [-0.25, -0.2) is 24.6 Å². The molecule has 5 heterocycles. The molecule has 2 fully saturated rings. The van der Waals surface area contributed by atoms with Crippen molar-refractivity contribution in [3.05, 3.63) is 48.3 Å². The van der Waals surface area contributed by atoms with Crippen molar-refractivity contribution in [3.8, 4) is 5.82 Å². The van der Waals surface area contributed by atoms with Crippen LogP contribution in [0.2, 0.25) is 0 Å². The molecule has 0 saturated carbocycles. The third kappa shape index (κ3) is 4.50. The van der Waals surface area contributed by atoms with E-state index in [0.29, 0.717) is 19.6 Å². The SMILES string of the molecule is Cc1cc(C)n(-c2cc(N3CCCC(C(=O)N4CCN(c5ncccn5)CC4)C3)ncn2)n1. The Labute approximate surface area is 193 Å². The van der Waals surface area contributed by atoms with Crippen LogP contribution in [0.4, 0.5) is 11.8 Å². The van der Waals surface area contributed by atoms with Crippen molar-refractivity contribution in [2.75, 3.05) is 49.1 Å². The van der Waals surface area contributed by atoms with Gasteiger partial charge < -0.3 is 14.7 Å². The molecule has 0 N–H and O–H groups in total. The minimum atomic E-state index is -0.0228. The van der Waals surface area contributed by atoms with Gasteiger partial charge in [-0.3, -0.25) is 4.79 Å². The predicted molar refractivity (Wildman–Crippen MR) is 124 cm³/mol. The molecule has 3 aromatic rings. The van der Waals surface area contributed by atoms with Gasteiger partial charge in [-0.15, -0.1) is 0 Å². The number of amides is 1. The number of carbonyl (C=O) groups excluding carboxylic acids is 1. The number of nitrogens with zero attached hydrogens (tertiary/aromatic N) is 9. The van der Waals surface area contributed by atoms with E-state index in [-0.39, 0.29) is 11.8 Å². The molecule has 0 aromatic carbocycles. The summed E-state index contributed by atoms with van der Waals surface area (Å²) in [5.74, 6) is 2.54. The number of aromatic nitrogens is 6. The van der Waals surface area contributed by atoms with Crippen molar-refractivity contribution in [2.45, 2.75) is 26.7 Å². The lowest BCUT2D eigenvalue weighted by Gasteiger charge is -2.39. The Morgan fingerprint density at radius 1 is 0.909 bits per heavy atom. The lowest BCUT2D eigenvalue weighted by molar-refractivity contribution is -0.136. The van der Waals surface area contributed by atoms with Crippen LogP contribution in [0.1, 0.15) is 24.2 Å². The Morgan fingerprint density at radius 2 is 1.67 bits per heavy atom. The zero-order valence-electron chi connectivity index (χ0n) is 19.1. The molecule has 0 radical (unpaired) electrons. The molecule has 0 spiro atoms. The molecule has 1 amide bonds. The fourth-order valence-electron chi connectivity index (χ4n) is 4.71. The van der Waals surface area contributed by atoms with E-state index >= 15 is 0 Å². The van der Waals surface area contributed by atoms with Crippen molar-refractivity contribution in [1.82, 2.24) is 34.6 Å². The first kappa shape index (κ1) is 21.3. The third-order valence-electron chi connectivity index (χ3n) is 6.39. The fraction of sp³-hybridized carbons (Fsp3) is 0.478. The molecule has 0 bridgehead atoms. The molecule has 33 heavy (non-hydrogen) atoms. The minimum absolute atomic E-state index is 0.0228. The van der Waals surface area contributed by atoms with Crippen LogP contribution in [0.5, 0.6) is 0 Å². The second kappa shape index (κ2) is 9.13. The van der Waals surface area contributed by atoms with Crippen molar-refractivity contribution in [3.63, 3.8) is 0 Å². The Balaban J connectivity index is 1.24. The average Bonchev–Trinajstić information content (AvgIpc) is 3.22. The molecule has 0 aliphatic carbocycles. The van der Waals surface area contributed by atoms with E-state index in [2.05, 4.69) is 34.8 Å². The maximum atomic E-state index is 13.3. The van der Waals surface area contributed by atoms with E-state index in [1.807, 2.05) is 41.6 Å². The van der Waals surface area contributed by atoms with Gasteiger partial charge in [0, 0.05) is 63.4 Å². The van der Waals surface area contributed by atoms with E-state index in [1.165, 1.54) is 0 Å². The Hall–Kier alpha value is -3.56. The summed E-state index contributed by atoms with van der Waals surface area (Å²) < 4.78 is 1.84. The number of piperazine rings is 1. The first-order valence-corrected chi connectivity index (χ1v) is 11.5. The van der Waals surface area contributed by atoms with Gasteiger partial charge in [0.15, 0.2) is 5.82 Å². The molecule has 10 nitrogen and oxygen atoms in total. The van der Waals surface area contributed by atoms with E-state index in [9.17, 15) is 4.79 Å². The highest BCUT2D eigenvalue weighted by Crippen LogP contribution is 2.25. The number of hydrogen-bond acceptors (Lipinski definition) is 8. The highest BCUT2D eigenvalue weighted by Gasteiger charge is 2.32. The van der Waals surface area contributed by atoms with Crippen LogP contribution < -0.4 is 9.80 Å². The quantitative estimate of drug-likeness (QED) is 0.596. The van der Waals surface area contributed by atoms with Crippen molar-refractivity contribution < 1.29 is 4.79 Å². The zero-order chi connectivity index (χ0) is 22.8. The van der Waals surface area contributed by atoms with Crippen molar-refractivity contribution >= 4 is 17.7 Å². The number of carbonyl (C=O) groups is 1. The summed E-state index contributed by atoms with van der Waals surface area (Å²) in [4.78, 5) is 37.2. The van der Waals surface area contributed by atoms with Gasteiger partial charge in [0.05, 0.1) is 11.6 Å². The molecular weight excluding hydrogens is 418 g/mol. The van der Waals surface area contributed by atoms with Crippen molar-refractivity contribution in [2.24, 2.45) is 5.92 Å². The van der Waals surface area contributed by atoms with E-state index in [4.69, 9.17) is 0 Å². The number of aryl methyl sites for hydroxylation is 2. The lowest BCUT2D eigenvalue weighted by Crippen LogP contribution is -2.53. The van der Waals surface area contributed by atoms with Gasteiger partial charge in [-0.05, 0) is 38.8 Å². The maximum Gasteiger partial charge on any atom is 0.227 e. The number of rotatable bonds is 4. The van der Waals surface area contributed by atoms with Crippen LogP contribution in [0.15, 0.2) is 36.9 Å². The molecule has 1 atom stereocenters. The highest BCUT2D eigenvalue weighted by atomic mass is 16.2. The van der Waals surface area contributed by atoms with Gasteiger partial charge >= 0.3 is 0 Å². The van der Waals surface area contributed by atoms with Crippen molar-refractivity contribution in [1.29, 1.82) is 0 Å². The normalized spacial score (nSPS) is 19.1. The third-order valence-corrected chi connectivity index (χ3v) is 6.39. The van der Waals surface area contributed by atoms with Gasteiger partial charge in [-0.2, -0.15) is 5.10 Å². The van der Waals surface area contributed by atoms with E-state index < -0.39 is 0 Å². The standard InChI is InChI=1S/C23H29N9O/c1-17-13-18(2)32(28-17)21-14-20(26-16-27-21)31-8-3-5-19(15-31)22(33)29-9-11-30(12-10-29)23-24-6-4-7-25-23/h4,6-7,13-14,16,19H,3,5,8-12,15H2,1-2H3. The van der Waals surface area contributed by atoms with Crippen LogP contribution in [0.25, 0.3) is 5.82 Å². The molecule has 2 aliphatic rings. The molecule has 2 aliphatic heterocycles. The monoisotopic (exact) mass is 447 g/mol. The van der Waals surface area contributed by atoms with Gasteiger partial charge in [-0.1, -0.05) is 0 Å². The fourth-order valence-corrected chi connectivity index (χ4v) is 4.71. The van der Waals surface area contributed by atoms with Gasteiger partial charge in [0.1, 0.15) is 12.1 Å². The first-order chi connectivity index (χ1) is 16.1. The summed E-state index contributed by atoms with van der Waals surface area (Å²) in [6.07, 6.45) is 6.96. The topological polar surface area (TPSA) is 96.2 Å². The first-order valence-electron chi connectivity index (χ1n) is 11.5. The Bertz CT molecular complexity index is 1110. The molecule has 2 saturated heterocycles. The van der Waals surface area contributed by atoms with Crippen LogP contribution >= 0.6 is 0 Å².